The Bertz CT molecular complexity index is 1410. The molecule has 0 atom stereocenters. The fraction of sp³-hybridized carbons (Fsp3) is 0.167. The number of rotatable bonds is 10. The van der Waals surface area contributed by atoms with Crippen molar-refractivity contribution in [2.45, 2.75) is 11.8 Å². The van der Waals surface area contributed by atoms with E-state index in [1.807, 2.05) is 25.1 Å². The van der Waals surface area contributed by atoms with Crippen LogP contribution in [0.3, 0.4) is 0 Å². The number of nitrogens with one attached hydrogen (secondary N) is 1. The van der Waals surface area contributed by atoms with Crippen molar-refractivity contribution in [1.82, 2.24) is 5.43 Å². The smallest absolute Gasteiger partial charge is 0.289 e. The highest BCUT2D eigenvalue weighted by atomic mass is 32.2. The van der Waals surface area contributed by atoms with Gasteiger partial charge in [0.05, 0.1) is 31.0 Å². The van der Waals surface area contributed by atoms with Crippen molar-refractivity contribution in [1.29, 1.82) is 0 Å². The molecule has 1 amide bonds. The van der Waals surface area contributed by atoms with Gasteiger partial charge < -0.3 is 9.47 Å². The Morgan fingerprint density at radius 1 is 1.08 bits per heavy atom. The molecule has 0 aliphatic rings. The molecule has 0 aliphatic carbocycles. The highest BCUT2D eigenvalue weighted by Gasteiger charge is 2.34. The molecule has 0 unspecified atom stereocenters. The second-order valence-corrected chi connectivity index (χ2v) is 9.31. The Balaban J connectivity index is 2.01. The van der Waals surface area contributed by atoms with Crippen LogP contribution in [0.2, 0.25) is 0 Å². The van der Waals surface area contributed by atoms with Crippen LogP contribution in [-0.4, -0.2) is 46.2 Å². The van der Waals surface area contributed by atoms with Gasteiger partial charge in [0.2, 0.25) is 0 Å². The zero-order valence-electron chi connectivity index (χ0n) is 19.7. The number of nitro groups is 1. The van der Waals surface area contributed by atoms with Crippen molar-refractivity contribution in [3.8, 4) is 11.5 Å². The van der Waals surface area contributed by atoms with Crippen LogP contribution in [-0.2, 0) is 14.8 Å². The van der Waals surface area contributed by atoms with Crippen LogP contribution in [0.15, 0.2) is 76.7 Å². The summed E-state index contributed by atoms with van der Waals surface area (Å²) in [5, 5.41) is 15.4. The molecule has 3 aromatic rings. The summed E-state index contributed by atoms with van der Waals surface area (Å²) in [5.41, 5.74) is 3.38. The zero-order chi connectivity index (χ0) is 26.3. The van der Waals surface area contributed by atoms with Gasteiger partial charge in [-0.25, -0.2) is 13.8 Å². The first-order valence-corrected chi connectivity index (χ1v) is 12.0. The maximum atomic E-state index is 13.7. The average Bonchev–Trinajstić information content (AvgIpc) is 2.87. The predicted molar refractivity (Wildman–Crippen MR) is 134 cm³/mol. The molecule has 3 rings (SSSR count). The van der Waals surface area contributed by atoms with Crippen molar-refractivity contribution < 1.29 is 27.6 Å². The normalized spacial score (nSPS) is 11.2. The lowest BCUT2D eigenvalue weighted by Gasteiger charge is -2.25. The van der Waals surface area contributed by atoms with Gasteiger partial charge in [0, 0.05) is 12.1 Å². The van der Waals surface area contributed by atoms with Gasteiger partial charge in [-0.1, -0.05) is 42.0 Å². The lowest BCUT2D eigenvalue weighted by molar-refractivity contribution is -0.387. The van der Waals surface area contributed by atoms with E-state index < -0.39 is 38.0 Å². The second kappa shape index (κ2) is 11.3. The minimum Gasteiger partial charge on any atom is -0.497 e. The summed E-state index contributed by atoms with van der Waals surface area (Å²) in [4.78, 5) is 22.9. The number of nitro benzene ring substituents is 1. The van der Waals surface area contributed by atoms with Crippen LogP contribution in [0.1, 0.15) is 11.1 Å². The maximum Gasteiger partial charge on any atom is 0.289 e. The molecule has 0 aliphatic heterocycles. The number of aryl methyl sites for hydroxylation is 1. The van der Waals surface area contributed by atoms with Gasteiger partial charge in [0.15, 0.2) is 4.90 Å². The summed E-state index contributed by atoms with van der Waals surface area (Å²) < 4.78 is 38.5. The third-order valence-corrected chi connectivity index (χ3v) is 6.82. The number of carbonyl (C=O) groups excluding carboxylic acids is 1. The van der Waals surface area contributed by atoms with E-state index >= 15 is 0 Å². The van der Waals surface area contributed by atoms with E-state index in [4.69, 9.17) is 9.47 Å². The van der Waals surface area contributed by atoms with Crippen molar-refractivity contribution in [3.05, 3.63) is 88.0 Å². The van der Waals surface area contributed by atoms with Crippen LogP contribution < -0.4 is 19.2 Å². The van der Waals surface area contributed by atoms with Crippen LogP contribution >= 0.6 is 0 Å². The highest BCUT2D eigenvalue weighted by Crippen LogP contribution is 2.37. The van der Waals surface area contributed by atoms with Crippen LogP contribution in [0, 0.1) is 17.0 Å². The average molecular weight is 513 g/mol. The summed E-state index contributed by atoms with van der Waals surface area (Å²) in [5.74, 6) is -0.322. The number of benzene rings is 3. The minimum atomic E-state index is -4.60. The van der Waals surface area contributed by atoms with Gasteiger partial charge >= 0.3 is 0 Å². The third kappa shape index (κ3) is 5.96. The molecule has 0 fully saturated rings. The van der Waals surface area contributed by atoms with E-state index in [0.29, 0.717) is 5.75 Å². The van der Waals surface area contributed by atoms with E-state index in [9.17, 15) is 23.3 Å². The Kier molecular flexibility index (Phi) is 8.22. The quantitative estimate of drug-likeness (QED) is 0.250. The Labute approximate surface area is 208 Å². The van der Waals surface area contributed by atoms with Gasteiger partial charge in [0.1, 0.15) is 18.0 Å². The molecule has 12 heteroatoms. The predicted octanol–water partition coefficient (Wildman–Crippen LogP) is 3.27. The van der Waals surface area contributed by atoms with Gasteiger partial charge in [0.25, 0.3) is 21.6 Å². The Morgan fingerprint density at radius 2 is 1.83 bits per heavy atom. The molecule has 0 spiro atoms. The number of hydrogen-bond donors (Lipinski definition) is 1. The molecule has 0 radical (unpaired) electrons. The van der Waals surface area contributed by atoms with Gasteiger partial charge in [-0.3, -0.25) is 19.2 Å². The molecule has 188 valence electrons. The molecule has 0 aromatic heterocycles. The first-order valence-electron chi connectivity index (χ1n) is 10.5. The van der Waals surface area contributed by atoms with E-state index in [1.54, 1.807) is 6.07 Å². The molecule has 36 heavy (non-hydrogen) atoms. The Hall–Kier alpha value is -4.45. The molecule has 11 nitrogen and oxygen atoms in total. The lowest BCUT2D eigenvalue weighted by Crippen LogP contribution is -2.40. The molecule has 3 aromatic carbocycles. The molecule has 0 saturated heterocycles. The molecule has 0 heterocycles. The largest absolute Gasteiger partial charge is 0.497 e. The molecular formula is C24H24N4O7S. The second-order valence-electron chi connectivity index (χ2n) is 7.48. The summed E-state index contributed by atoms with van der Waals surface area (Å²) in [6.45, 7) is 1.17. The van der Waals surface area contributed by atoms with E-state index in [2.05, 4.69) is 10.5 Å². The number of nitrogens with zero attached hydrogens (tertiary/aromatic N) is 3. The molecule has 0 saturated carbocycles. The SMILES string of the molecule is COc1ccc(N(CC(=O)N/N=C/c2cccc(C)c2)S(=O)(=O)c2ccccc2[N+](=O)[O-])c(OC)c1. The van der Waals surface area contributed by atoms with Crippen LogP contribution in [0.4, 0.5) is 11.4 Å². The van der Waals surface area contributed by atoms with Gasteiger partial charge in [-0.05, 0) is 30.7 Å². The number of carbonyl (C=O) groups is 1. The summed E-state index contributed by atoms with van der Waals surface area (Å²) in [7, 11) is -1.86. The molecular weight excluding hydrogens is 488 g/mol. The number of para-hydroxylation sites is 1. The number of ether oxygens (including phenoxy) is 2. The fourth-order valence-electron chi connectivity index (χ4n) is 3.33. The highest BCUT2D eigenvalue weighted by molar-refractivity contribution is 7.93. The van der Waals surface area contributed by atoms with Crippen LogP contribution in [0.25, 0.3) is 0 Å². The topological polar surface area (TPSA) is 140 Å². The monoisotopic (exact) mass is 512 g/mol. The van der Waals surface area contributed by atoms with Crippen molar-refractivity contribution >= 4 is 33.5 Å². The van der Waals surface area contributed by atoms with Crippen molar-refractivity contribution in [2.24, 2.45) is 5.10 Å². The van der Waals surface area contributed by atoms with Gasteiger partial charge in [-0.2, -0.15) is 5.10 Å². The number of hydrogen-bond acceptors (Lipinski definition) is 8. The van der Waals surface area contributed by atoms with Crippen LogP contribution in [0.5, 0.6) is 11.5 Å². The van der Waals surface area contributed by atoms with Crippen molar-refractivity contribution in [3.63, 3.8) is 0 Å². The first-order chi connectivity index (χ1) is 17.2. The molecule has 1 N–H and O–H groups in total. The number of anilines is 1. The third-order valence-electron chi connectivity index (χ3n) is 5.02. The first kappa shape index (κ1) is 26.2. The Morgan fingerprint density at radius 3 is 2.50 bits per heavy atom. The number of amides is 1. The zero-order valence-corrected chi connectivity index (χ0v) is 20.6. The number of methoxy groups -OCH3 is 2. The summed E-state index contributed by atoms with van der Waals surface area (Å²) in [6.07, 6.45) is 1.42. The van der Waals surface area contributed by atoms with Crippen molar-refractivity contribution in [2.75, 3.05) is 25.1 Å². The summed E-state index contributed by atoms with van der Waals surface area (Å²) >= 11 is 0. The standard InChI is InChI=1S/C24H24N4O7S/c1-17-7-6-8-18(13-17)15-25-26-24(29)16-27(20-12-11-19(34-2)14-22(20)35-3)36(32,33)23-10-5-4-9-21(23)28(30)31/h4-15H,16H2,1-3H3,(H,26,29)/b25-15+. The lowest BCUT2D eigenvalue weighted by atomic mass is 10.2. The van der Waals surface area contributed by atoms with E-state index in [0.717, 1.165) is 27.6 Å². The number of sulfonamides is 1. The van der Waals surface area contributed by atoms with Gasteiger partial charge in [-0.15, -0.1) is 0 Å². The minimum absolute atomic E-state index is 0.0192. The van der Waals surface area contributed by atoms with E-state index in [-0.39, 0.29) is 11.4 Å². The fourth-order valence-corrected chi connectivity index (χ4v) is 4.92. The molecule has 0 bridgehead atoms. The number of hydrazone groups is 1. The summed E-state index contributed by atoms with van der Waals surface area (Å²) in [6, 6.07) is 16.6. The van der Waals surface area contributed by atoms with E-state index in [1.165, 1.54) is 50.8 Å². The maximum absolute atomic E-state index is 13.7.